The van der Waals surface area contributed by atoms with E-state index in [4.69, 9.17) is 0 Å². The number of benzene rings is 2. The molecule has 2 nitrogen and oxygen atoms in total. The largest absolute Gasteiger partial charge is 0.333 e. The van der Waals surface area contributed by atoms with Crippen molar-refractivity contribution in [2.45, 2.75) is 13.8 Å². The molecule has 1 aliphatic heterocycles. The van der Waals surface area contributed by atoms with Gasteiger partial charge in [0.2, 0.25) is 0 Å². The van der Waals surface area contributed by atoms with Gasteiger partial charge in [-0.3, -0.25) is 0 Å². The fourth-order valence-corrected chi connectivity index (χ4v) is 3.87. The van der Waals surface area contributed by atoms with Gasteiger partial charge in [-0.15, -0.1) is 0 Å². The summed E-state index contributed by atoms with van der Waals surface area (Å²) in [6.07, 6.45) is 3.83. The summed E-state index contributed by atoms with van der Waals surface area (Å²) in [7, 11) is 0.310. The number of aryl methyl sites for hydroxylation is 2. The lowest BCUT2D eigenvalue weighted by molar-refractivity contribution is 0.694. The SMILES string of the molecule is C=C1C=C(c2ccc(C)cc2)S(=O)C(c2ccc(C)cc2)=C1.CN. The quantitative estimate of drug-likeness (QED) is 0.871. The van der Waals surface area contributed by atoms with Crippen molar-refractivity contribution in [1.82, 2.24) is 0 Å². The van der Waals surface area contributed by atoms with Crippen molar-refractivity contribution in [3.05, 3.63) is 95.1 Å². The molecule has 0 aliphatic carbocycles. The molecule has 1 aliphatic rings. The summed E-state index contributed by atoms with van der Waals surface area (Å²) < 4.78 is 13.0. The Hall–Kier alpha value is -2.23. The third-order valence-corrected chi connectivity index (χ3v) is 5.21. The Kier molecular flexibility index (Phi) is 6.07. The third kappa shape index (κ3) is 3.99. The van der Waals surface area contributed by atoms with Crippen molar-refractivity contribution in [3.63, 3.8) is 0 Å². The molecule has 2 aromatic carbocycles. The molecule has 1 heterocycles. The van der Waals surface area contributed by atoms with Gasteiger partial charge < -0.3 is 5.73 Å². The van der Waals surface area contributed by atoms with E-state index >= 15 is 0 Å². The summed E-state index contributed by atoms with van der Waals surface area (Å²) in [5, 5.41) is 0. The van der Waals surface area contributed by atoms with Gasteiger partial charge in [0.25, 0.3) is 0 Å². The molecule has 0 atom stereocenters. The maximum atomic E-state index is 13.0. The summed E-state index contributed by atoms with van der Waals surface area (Å²) in [5.41, 5.74) is 9.74. The van der Waals surface area contributed by atoms with Gasteiger partial charge in [-0.1, -0.05) is 66.2 Å². The molecule has 2 aromatic rings. The molecule has 2 N–H and O–H groups in total. The lowest BCUT2D eigenvalue weighted by Gasteiger charge is -2.17. The lowest BCUT2D eigenvalue weighted by Crippen LogP contribution is -2.03. The Morgan fingerprint density at radius 3 is 1.42 bits per heavy atom. The molecular formula is C21H23NOS. The van der Waals surface area contributed by atoms with Crippen molar-refractivity contribution >= 4 is 20.6 Å². The van der Waals surface area contributed by atoms with E-state index in [2.05, 4.69) is 12.3 Å². The van der Waals surface area contributed by atoms with E-state index in [-0.39, 0.29) is 0 Å². The second-order valence-electron chi connectivity index (χ2n) is 5.59. The molecule has 0 saturated carbocycles. The zero-order chi connectivity index (χ0) is 17.7. The first-order valence-electron chi connectivity index (χ1n) is 7.80. The Balaban J connectivity index is 0.00000100. The Labute approximate surface area is 146 Å². The average molecular weight is 337 g/mol. The van der Waals surface area contributed by atoms with Crippen molar-refractivity contribution in [2.75, 3.05) is 7.05 Å². The molecule has 0 radical (unpaired) electrons. The van der Waals surface area contributed by atoms with Gasteiger partial charge in [0.1, 0.15) is 0 Å². The summed E-state index contributed by atoms with van der Waals surface area (Å²) in [6.45, 7) is 8.14. The average Bonchev–Trinajstić information content (AvgIpc) is 2.60. The molecule has 0 unspecified atom stereocenters. The first kappa shape index (κ1) is 18.1. The van der Waals surface area contributed by atoms with Gasteiger partial charge in [-0.25, -0.2) is 4.21 Å². The van der Waals surface area contributed by atoms with Crippen LogP contribution in [-0.2, 0) is 10.8 Å². The second kappa shape index (κ2) is 8.04. The standard InChI is InChI=1S/C20H18OS.CH5N/c1-14-4-8-17(9-5-14)19-12-16(3)13-20(22(19)21)18-10-6-15(2)7-11-18;1-2/h4-13H,3H2,1-2H3;2H2,1H3. The van der Waals surface area contributed by atoms with E-state index in [1.165, 1.54) is 18.2 Å². The van der Waals surface area contributed by atoms with Crippen molar-refractivity contribution in [1.29, 1.82) is 0 Å². The minimum absolute atomic E-state index is 0.822. The first-order chi connectivity index (χ1) is 11.5. The molecule has 0 saturated heterocycles. The van der Waals surface area contributed by atoms with Crippen LogP contribution in [0, 0.1) is 13.8 Å². The number of rotatable bonds is 2. The highest BCUT2D eigenvalue weighted by Crippen LogP contribution is 2.35. The van der Waals surface area contributed by atoms with Crippen LogP contribution in [0.4, 0.5) is 0 Å². The Morgan fingerprint density at radius 1 is 0.750 bits per heavy atom. The van der Waals surface area contributed by atoms with Crippen molar-refractivity contribution < 1.29 is 4.21 Å². The summed E-state index contributed by atoms with van der Waals surface area (Å²) >= 11 is 0. The number of allylic oxidation sites excluding steroid dienone is 3. The highest BCUT2D eigenvalue weighted by Gasteiger charge is 2.20. The van der Waals surface area contributed by atoms with Crippen LogP contribution < -0.4 is 5.73 Å². The number of hydrogen-bond donors (Lipinski definition) is 1. The summed E-state index contributed by atoms with van der Waals surface area (Å²) in [4.78, 5) is 1.64. The molecule has 124 valence electrons. The van der Waals surface area contributed by atoms with Crippen LogP contribution in [0.5, 0.6) is 0 Å². The van der Waals surface area contributed by atoms with Crippen molar-refractivity contribution in [2.24, 2.45) is 5.73 Å². The van der Waals surface area contributed by atoms with Crippen LogP contribution in [0.3, 0.4) is 0 Å². The van der Waals surface area contributed by atoms with Crippen molar-refractivity contribution in [3.8, 4) is 0 Å². The van der Waals surface area contributed by atoms with Gasteiger partial charge in [-0.2, -0.15) is 0 Å². The summed E-state index contributed by atoms with van der Waals surface area (Å²) in [6, 6.07) is 16.2. The minimum atomic E-state index is -1.19. The van der Waals surface area contributed by atoms with Gasteiger partial charge in [0, 0.05) is 0 Å². The molecule has 3 heteroatoms. The maximum absolute atomic E-state index is 13.0. The van der Waals surface area contributed by atoms with Gasteiger partial charge >= 0.3 is 0 Å². The zero-order valence-corrected chi connectivity index (χ0v) is 15.2. The van der Waals surface area contributed by atoms with Crippen LogP contribution in [0.15, 0.2) is 72.8 Å². The lowest BCUT2D eigenvalue weighted by atomic mass is 10.1. The molecule has 0 fully saturated rings. The Bertz CT molecular complexity index is 744. The fourth-order valence-electron chi connectivity index (χ4n) is 2.42. The second-order valence-corrected chi connectivity index (χ2v) is 7.01. The molecule has 0 amide bonds. The predicted octanol–water partition coefficient (Wildman–Crippen LogP) is 4.58. The van der Waals surface area contributed by atoms with Gasteiger partial charge in [0.05, 0.1) is 20.6 Å². The normalized spacial score (nSPS) is 14.4. The monoisotopic (exact) mass is 337 g/mol. The Morgan fingerprint density at radius 2 is 1.08 bits per heavy atom. The maximum Gasteiger partial charge on any atom is 0.0862 e. The van der Waals surface area contributed by atoms with E-state index in [9.17, 15) is 4.21 Å². The molecule has 0 spiro atoms. The van der Waals surface area contributed by atoms with Crippen LogP contribution in [0.1, 0.15) is 22.3 Å². The molecular weight excluding hydrogens is 314 g/mol. The topological polar surface area (TPSA) is 43.1 Å². The minimum Gasteiger partial charge on any atom is -0.333 e. The highest BCUT2D eigenvalue weighted by atomic mass is 32.2. The van der Waals surface area contributed by atoms with E-state index in [1.807, 2.05) is 74.5 Å². The number of nitrogens with two attached hydrogens (primary N) is 1. The third-order valence-electron chi connectivity index (χ3n) is 3.70. The summed E-state index contributed by atoms with van der Waals surface area (Å²) in [5.74, 6) is 0. The first-order valence-corrected chi connectivity index (χ1v) is 8.95. The molecule has 3 rings (SSSR count). The van der Waals surface area contributed by atoms with Gasteiger partial charge in [0.15, 0.2) is 0 Å². The fraction of sp³-hybridized carbons (Fsp3) is 0.143. The van der Waals surface area contributed by atoms with E-state index in [0.717, 1.165) is 26.5 Å². The van der Waals surface area contributed by atoms with E-state index in [1.54, 1.807) is 0 Å². The van der Waals surface area contributed by atoms with Crippen LogP contribution in [0.2, 0.25) is 0 Å². The van der Waals surface area contributed by atoms with E-state index in [0.29, 0.717) is 0 Å². The smallest absolute Gasteiger partial charge is 0.0862 e. The molecule has 0 aromatic heterocycles. The molecule has 0 bridgehead atoms. The number of hydrogen-bond acceptors (Lipinski definition) is 2. The van der Waals surface area contributed by atoms with E-state index < -0.39 is 10.8 Å². The van der Waals surface area contributed by atoms with Gasteiger partial charge in [-0.05, 0) is 49.7 Å². The highest BCUT2D eigenvalue weighted by molar-refractivity contribution is 8.03. The van der Waals surface area contributed by atoms with Crippen LogP contribution in [0.25, 0.3) is 9.81 Å². The molecule has 24 heavy (non-hydrogen) atoms. The van der Waals surface area contributed by atoms with Crippen LogP contribution in [-0.4, -0.2) is 11.3 Å². The predicted molar refractivity (Wildman–Crippen MR) is 106 cm³/mol. The zero-order valence-electron chi connectivity index (χ0n) is 14.4. The van der Waals surface area contributed by atoms with Crippen LogP contribution >= 0.6 is 0 Å².